The summed E-state index contributed by atoms with van der Waals surface area (Å²) in [5.41, 5.74) is 2.03. The van der Waals surface area contributed by atoms with Gasteiger partial charge in [0.2, 0.25) is 0 Å². The van der Waals surface area contributed by atoms with Crippen molar-refractivity contribution in [1.29, 1.82) is 0 Å². The Balaban J connectivity index is 2.42. The van der Waals surface area contributed by atoms with Gasteiger partial charge >= 0.3 is 0 Å². The van der Waals surface area contributed by atoms with E-state index in [4.69, 9.17) is 0 Å². The van der Waals surface area contributed by atoms with E-state index >= 15 is 0 Å². The number of aromatic amines is 1. The monoisotopic (exact) mass is 278 g/mol. The Morgan fingerprint density at radius 1 is 1.42 bits per heavy atom. The van der Waals surface area contributed by atoms with Gasteiger partial charge < -0.3 is 4.98 Å². The van der Waals surface area contributed by atoms with Gasteiger partial charge in [0.25, 0.3) is 5.56 Å². The molecule has 1 aromatic carbocycles. The smallest absolute Gasteiger partial charge is 0.255 e. The topological polar surface area (TPSA) is 45.8 Å². The molecule has 0 atom stereocenters. The molecular weight excluding hydrogens is 263 g/mol. The predicted molar refractivity (Wildman–Crippen MR) is 75.2 cm³/mol. The minimum absolute atomic E-state index is 0.138. The molecule has 100 valence electrons. The first-order valence-corrected chi connectivity index (χ1v) is 7.27. The quantitative estimate of drug-likeness (QED) is 0.691. The maximum atomic E-state index is 13.2. The van der Waals surface area contributed by atoms with E-state index in [1.165, 1.54) is 23.9 Å². The Hall–Kier alpha value is -1.62. The molecule has 1 heterocycles. The number of thioether (sulfide) groups is 1. The number of benzene rings is 1. The Bertz CT molecular complexity index is 640. The zero-order valence-electron chi connectivity index (χ0n) is 10.9. The van der Waals surface area contributed by atoms with Gasteiger partial charge in [-0.25, -0.2) is 9.37 Å². The van der Waals surface area contributed by atoms with Crippen LogP contribution in [0.2, 0.25) is 0 Å². The van der Waals surface area contributed by atoms with Crippen molar-refractivity contribution in [1.82, 2.24) is 9.97 Å². The molecule has 5 heteroatoms. The summed E-state index contributed by atoms with van der Waals surface area (Å²) in [6, 6.07) is 6.30. The van der Waals surface area contributed by atoms with Gasteiger partial charge in [-0.15, -0.1) is 0 Å². The molecular formula is C14H15FN2OS. The van der Waals surface area contributed by atoms with Gasteiger partial charge in [0.05, 0.1) is 5.69 Å². The largest absolute Gasteiger partial charge is 0.301 e. The number of hydrogen-bond acceptors (Lipinski definition) is 3. The molecule has 0 aliphatic heterocycles. The van der Waals surface area contributed by atoms with Gasteiger partial charge in [-0.2, -0.15) is 0 Å². The second-order valence-electron chi connectivity index (χ2n) is 4.16. The van der Waals surface area contributed by atoms with Gasteiger partial charge in [0.1, 0.15) is 5.82 Å². The summed E-state index contributed by atoms with van der Waals surface area (Å²) in [4.78, 5) is 19.2. The highest BCUT2D eigenvalue weighted by atomic mass is 32.2. The molecule has 1 N–H and O–H groups in total. The average molecular weight is 278 g/mol. The number of H-pyrrole nitrogens is 1. The lowest BCUT2D eigenvalue weighted by Crippen LogP contribution is -2.18. The number of nitrogens with zero attached hydrogens (tertiary/aromatic N) is 1. The van der Waals surface area contributed by atoms with E-state index in [9.17, 15) is 9.18 Å². The molecule has 0 saturated heterocycles. The summed E-state index contributed by atoms with van der Waals surface area (Å²) in [5, 5.41) is 0.616. The fourth-order valence-corrected chi connectivity index (χ4v) is 2.34. The standard InChI is InChI=1S/C14H15FN2OS/c1-3-12-11(13(18)17-14(16-12)19-2)8-9-5-4-6-10(15)7-9/h4-7H,3,8H2,1-2H3,(H,16,17,18). The van der Waals surface area contributed by atoms with E-state index < -0.39 is 0 Å². The Kier molecular flexibility index (Phi) is 4.37. The van der Waals surface area contributed by atoms with Crippen molar-refractivity contribution in [3.05, 3.63) is 57.3 Å². The molecule has 3 nitrogen and oxygen atoms in total. The third-order valence-corrected chi connectivity index (χ3v) is 3.46. The Labute approximate surface area is 115 Å². The molecule has 19 heavy (non-hydrogen) atoms. The van der Waals surface area contributed by atoms with Crippen LogP contribution in [0.4, 0.5) is 4.39 Å². The molecule has 1 aromatic heterocycles. The molecule has 2 rings (SSSR count). The Morgan fingerprint density at radius 2 is 2.21 bits per heavy atom. The third kappa shape index (κ3) is 3.23. The molecule has 0 unspecified atom stereocenters. The number of aromatic nitrogens is 2. The van der Waals surface area contributed by atoms with Crippen molar-refractivity contribution in [3.8, 4) is 0 Å². The van der Waals surface area contributed by atoms with E-state index in [0.29, 0.717) is 23.6 Å². The van der Waals surface area contributed by atoms with Crippen LogP contribution in [0, 0.1) is 5.82 Å². The van der Waals surface area contributed by atoms with Crippen molar-refractivity contribution in [3.63, 3.8) is 0 Å². The summed E-state index contributed by atoms with van der Waals surface area (Å²) in [5.74, 6) is -0.291. The summed E-state index contributed by atoms with van der Waals surface area (Å²) < 4.78 is 13.2. The fourth-order valence-electron chi connectivity index (χ4n) is 1.94. The molecule has 0 aliphatic carbocycles. The molecule has 0 amide bonds. The molecule has 0 radical (unpaired) electrons. The van der Waals surface area contributed by atoms with Crippen LogP contribution in [0.1, 0.15) is 23.7 Å². The lowest BCUT2D eigenvalue weighted by Gasteiger charge is -2.08. The maximum Gasteiger partial charge on any atom is 0.255 e. The number of aryl methyl sites for hydroxylation is 1. The zero-order valence-corrected chi connectivity index (χ0v) is 11.7. The average Bonchev–Trinajstić information content (AvgIpc) is 2.40. The van der Waals surface area contributed by atoms with Crippen molar-refractivity contribution < 1.29 is 4.39 Å². The van der Waals surface area contributed by atoms with E-state index in [1.807, 2.05) is 19.2 Å². The molecule has 2 aromatic rings. The van der Waals surface area contributed by atoms with E-state index in [-0.39, 0.29) is 11.4 Å². The van der Waals surface area contributed by atoms with Gasteiger partial charge in [-0.3, -0.25) is 4.79 Å². The van der Waals surface area contributed by atoms with Gasteiger partial charge in [-0.1, -0.05) is 30.8 Å². The molecule has 0 fully saturated rings. The van der Waals surface area contributed by atoms with Crippen LogP contribution < -0.4 is 5.56 Å². The normalized spacial score (nSPS) is 10.7. The molecule has 0 spiro atoms. The van der Waals surface area contributed by atoms with E-state index in [1.54, 1.807) is 6.07 Å². The summed E-state index contributed by atoms with van der Waals surface area (Å²) in [7, 11) is 0. The van der Waals surface area contributed by atoms with Crippen LogP contribution in [-0.4, -0.2) is 16.2 Å². The first-order chi connectivity index (χ1) is 9.13. The van der Waals surface area contributed by atoms with Crippen LogP contribution in [0.15, 0.2) is 34.2 Å². The van der Waals surface area contributed by atoms with Gasteiger partial charge in [-0.05, 0) is 30.4 Å². The number of nitrogens with one attached hydrogen (secondary N) is 1. The van der Waals surface area contributed by atoms with Crippen LogP contribution >= 0.6 is 11.8 Å². The first kappa shape index (κ1) is 13.8. The predicted octanol–water partition coefficient (Wildman–Crippen LogP) is 2.78. The second kappa shape index (κ2) is 6.02. The SMILES string of the molecule is CCc1nc(SC)[nH]c(=O)c1Cc1cccc(F)c1. The number of halogens is 1. The highest BCUT2D eigenvalue weighted by molar-refractivity contribution is 7.98. The third-order valence-electron chi connectivity index (χ3n) is 2.88. The van der Waals surface area contributed by atoms with Crippen LogP contribution in [-0.2, 0) is 12.8 Å². The molecule has 0 bridgehead atoms. The molecule has 0 aliphatic rings. The van der Waals surface area contributed by atoms with Crippen LogP contribution in [0.25, 0.3) is 0 Å². The van der Waals surface area contributed by atoms with E-state index in [0.717, 1.165) is 11.3 Å². The summed E-state index contributed by atoms with van der Waals surface area (Å²) in [6.07, 6.45) is 2.95. The summed E-state index contributed by atoms with van der Waals surface area (Å²) >= 11 is 1.40. The lowest BCUT2D eigenvalue weighted by molar-refractivity contribution is 0.626. The number of hydrogen-bond donors (Lipinski definition) is 1. The number of rotatable bonds is 4. The highest BCUT2D eigenvalue weighted by Crippen LogP contribution is 2.14. The molecule has 0 saturated carbocycles. The fraction of sp³-hybridized carbons (Fsp3) is 0.286. The van der Waals surface area contributed by atoms with E-state index in [2.05, 4.69) is 9.97 Å². The minimum atomic E-state index is -0.291. The van der Waals surface area contributed by atoms with Crippen molar-refractivity contribution in [2.45, 2.75) is 24.9 Å². The maximum absolute atomic E-state index is 13.2. The van der Waals surface area contributed by atoms with Gasteiger partial charge in [0.15, 0.2) is 5.16 Å². The van der Waals surface area contributed by atoms with Crippen LogP contribution in [0.3, 0.4) is 0 Å². The zero-order chi connectivity index (χ0) is 13.8. The Morgan fingerprint density at radius 3 is 2.84 bits per heavy atom. The first-order valence-electron chi connectivity index (χ1n) is 6.04. The summed E-state index contributed by atoms with van der Waals surface area (Å²) in [6.45, 7) is 1.96. The second-order valence-corrected chi connectivity index (χ2v) is 4.96. The van der Waals surface area contributed by atoms with Crippen molar-refractivity contribution in [2.24, 2.45) is 0 Å². The minimum Gasteiger partial charge on any atom is -0.301 e. The van der Waals surface area contributed by atoms with Crippen molar-refractivity contribution >= 4 is 11.8 Å². The lowest BCUT2D eigenvalue weighted by atomic mass is 10.0. The van der Waals surface area contributed by atoms with Gasteiger partial charge in [0, 0.05) is 12.0 Å². The van der Waals surface area contributed by atoms with Crippen LogP contribution in [0.5, 0.6) is 0 Å². The highest BCUT2D eigenvalue weighted by Gasteiger charge is 2.11. The van der Waals surface area contributed by atoms with Crippen molar-refractivity contribution in [2.75, 3.05) is 6.26 Å².